The van der Waals surface area contributed by atoms with Crippen molar-refractivity contribution in [2.45, 2.75) is 13.8 Å². The molecule has 2 N–H and O–H groups in total. The summed E-state index contributed by atoms with van der Waals surface area (Å²) in [5, 5.41) is 11.5. The van der Waals surface area contributed by atoms with Crippen LogP contribution in [0.5, 0.6) is 0 Å². The van der Waals surface area contributed by atoms with Crippen LogP contribution < -0.4 is 5.32 Å². The van der Waals surface area contributed by atoms with E-state index in [0.717, 1.165) is 0 Å². The lowest BCUT2D eigenvalue weighted by molar-refractivity contribution is -0.151. The summed E-state index contributed by atoms with van der Waals surface area (Å²) in [4.78, 5) is 26.7. The van der Waals surface area contributed by atoms with Gasteiger partial charge in [-0.15, -0.1) is 0 Å². The van der Waals surface area contributed by atoms with Crippen LogP contribution in [0.2, 0.25) is 0 Å². The van der Waals surface area contributed by atoms with E-state index in [4.69, 9.17) is 9.52 Å². The van der Waals surface area contributed by atoms with E-state index in [0.29, 0.717) is 16.8 Å². The van der Waals surface area contributed by atoms with E-state index >= 15 is 0 Å². The van der Waals surface area contributed by atoms with Gasteiger partial charge in [-0.05, 0) is 26.0 Å². The fraction of sp³-hybridized carbons (Fsp3) is 0.250. The number of fused-ring (bicyclic) bond motifs is 1. The molecule has 0 aliphatic rings. The number of carbonyl (C=O) groups is 2. The third-order valence-electron chi connectivity index (χ3n) is 2.69. The summed E-state index contributed by atoms with van der Waals surface area (Å²) in [6, 6.07) is 4.92. The van der Waals surface area contributed by atoms with Gasteiger partial charge in [0.2, 0.25) is 5.91 Å². The lowest BCUT2D eigenvalue weighted by atomic mass is 9.92. The molecular weight excluding hydrogens is 236 g/mol. The van der Waals surface area contributed by atoms with E-state index in [-0.39, 0.29) is 0 Å². The number of aromatic nitrogens is 1. The standard InChI is InChI=1S/C12H12N2O4/c1-12(2,11(16)17)10(15)14-7-3-4-8-9(5-7)18-6-13-8/h3-6H,1-2H3,(H,14,15)(H,16,17). The molecule has 0 radical (unpaired) electrons. The molecule has 1 aromatic heterocycles. The largest absolute Gasteiger partial charge is 0.480 e. The van der Waals surface area contributed by atoms with Gasteiger partial charge in [-0.3, -0.25) is 9.59 Å². The van der Waals surface area contributed by atoms with Crippen molar-refractivity contribution in [3.63, 3.8) is 0 Å². The molecular formula is C12H12N2O4. The summed E-state index contributed by atoms with van der Waals surface area (Å²) >= 11 is 0. The van der Waals surface area contributed by atoms with E-state index in [1.807, 2.05) is 0 Å². The summed E-state index contributed by atoms with van der Waals surface area (Å²) in [6.45, 7) is 2.69. The topological polar surface area (TPSA) is 92.4 Å². The number of aliphatic carboxylic acids is 1. The Kier molecular flexibility index (Phi) is 2.78. The van der Waals surface area contributed by atoms with Crippen LogP contribution >= 0.6 is 0 Å². The third kappa shape index (κ3) is 2.04. The highest BCUT2D eigenvalue weighted by molar-refractivity contribution is 6.07. The number of nitrogens with zero attached hydrogens (tertiary/aromatic N) is 1. The summed E-state index contributed by atoms with van der Waals surface area (Å²) in [5.41, 5.74) is 0.182. The number of hydrogen-bond donors (Lipinski definition) is 2. The molecule has 0 saturated carbocycles. The quantitative estimate of drug-likeness (QED) is 0.809. The van der Waals surface area contributed by atoms with Gasteiger partial charge in [0, 0.05) is 11.8 Å². The Bertz CT molecular complexity index is 615. The summed E-state index contributed by atoms with van der Waals surface area (Å²) in [5.74, 6) is -1.77. The molecule has 1 amide bonds. The Morgan fingerprint density at radius 2 is 2.11 bits per heavy atom. The van der Waals surface area contributed by atoms with Crippen LogP contribution in [0.4, 0.5) is 5.69 Å². The summed E-state index contributed by atoms with van der Waals surface area (Å²) in [6.07, 6.45) is 1.30. The molecule has 1 heterocycles. The maximum atomic E-state index is 11.8. The number of oxazole rings is 1. The zero-order valence-electron chi connectivity index (χ0n) is 9.93. The number of carboxylic acid groups (broad SMARTS) is 1. The molecule has 0 aliphatic heterocycles. The first-order valence-electron chi connectivity index (χ1n) is 5.29. The first kappa shape index (κ1) is 12.1. The Balaban J connectivity index is 2.23. The van der Waals surface area contributed by atoms with Crippen molar-refractivity contribution in [1.82, 2.24) is 4.98 Å². The van der Waals surface area contributed by atoms with Gasteiger partial charge in [-0.2, -0.15) is 0 Å². The third-order valence-corrected chi connectivity index (χ3v) is 2.69. The second-order valence-corrected chi connectivity index (χ2v) is 4.42. The van der Waals surface area contributed by atoms with Crippen molar-refractivity contribution >= 4 is 28.7 Å². The molecule has 0 atom stereocenters. The Hall–Kier alpha value is -2.37. The average Bonchev–Trinajstić information content (AvgIpc) is 2.75. The van der Waals surface area contributed by atoms with Gasteiger partial charge >= 0.3 is 5.97 Å². The van der Waals surface area contributed by atoms with Crippen molar-refractivity contribution in [3.8, 4) is 0 Å². The number of hydrogen-bond acceptors (Lipinski definition) is 4. The monoisotopic (exact) mass is 248 g/mol. The van der Waals surface area contributed by atoms with Crippen molar-refractivity contribution in [2.24, 2.45) is 5.41 Å². The van der Waals surface area contributed by atoms with E-state index in [9.17, 15) is 9.59 Å². The van der Waals surface area contributed by atoms with Gasteiger partial charge in [0.05, 0.1) is 0 Å². The minimum absolute atomic E-state index is 0.471. The number of amides is 1. The van der Waals surface area contributed by atoms with Crippen molar-refractivity contribution in [1.29, 1.82) is 0 Å². The normalized spacial score (nSPS) is 11.4. The zero-order chi connectivity index (χ0) is 13.3. The van der Waals surface area contributed by atoms with Gasteiger partial charge in [-0.25, -0.2) is 4.98 Å². The maximum Gasteiger partial charge on any atom is 0.318 e. The Morgan fingerprint density at radius 3 is 2.78 bits per heavy atom. The number of rotatable bonds is 3. The molecule has 2 rings (SSSR count). The van der Waals surface area contributed by atoms with Crippen LogP contribution in [0.15, 0.2) is 29.0 Å². The van der Waals surface area contributed by atoms with Crippen molar-refractivity contribution in [3.05, 3.63) is 24.6 Å². The zero-order valence-corrected chi connectivity index (χ0v) is 9.93. The van der Waals surface area contributed by atoms with Gasteiger partial charge in [0.1, 0.15) is 10.9 Å². The molecule has 0 unspecified atom stereocenters. The van der Waals surface area contributed by atoms with Crippen LogP contribution in [0.3, 0.4) is 0 Å². The molecule has 0 spiro atoms. The molecule has 18 heavy (non-hydrogen) atoms. The van der Waals surface area contributed by atoms with Gasteiger partial charge in [0.25, 0.3) is 0 Å². The summed E-state index contributed by atoms with van der Waals surface area (Å²) < 4.78 is 5.09. The van der Waals surface area contributed by atoms with E-state index < -0.39 is 17.3 Å². The number of anilines is 1. The highest BCUT2D eigenvalue weighted by Gasteiger charge is 2.36. The van der Waals surface area contributed by atoms with E-state index in [1.165, 1.54) is 20.2 Å². The lowest BCUT2D eigenvalue weighted by Gasteiger charge is -2.18. The highest BCUT2D eigenvalue weighted by atomic mass is 16.4. The minimum Gasteiger partial charge on any atom is -0.480 e. The number of nitrogens with one attached hydrogen (secondary N) is 1. The van der Waals surface area contributed by atoms with Crippen LogP contribution in [0, 0.1) is 5.41 Å². The van der Waals surface area contributed by atoms with Gasteiger partial charge in [-0.1, -0.05) is 0 Å². The molecule has 6 nitrogen and oxygen atoms in total. The first-order valence-corrected chi connectivity index (χ1v) is 5.29. The van der Waals surface area contributed by atoms with Crippen molar-refractivity contribution in [2.75, 3.05) is 5.32 Å². The molecule has 2 aromatic rings. The molecule has 0 bridgehead atoms. The smallest absolute Gasteiger partial charge is 0.318 e. The fourth-order valence-electron chi connectivity index (χ4n) is 1.32. The van der Waals surface area contributed by atoms with Crippen LogP contribution in [0.1, 0.15) is 13.8 Å². The van der Waals surface area contributed by atoms with E-state index in [1.54, 1.807) is 18.2 Å². The predicted molar refractivity (Wildman–Crippen MR) is 64.1 cm³/mol. The second kappa shape index (κ2) is 4.14. The fourth-order valence-corrected chi connectivity index (χ4v) is 1.32. The van der Waals surface area contributed by atoms with Crippen LogP contribution in [-0.2, 0) is 9.59 Å². The molecule has 0 fully saturated rings. The molecule has 1 aromatic carbocycles. The molecule has 0 saturated heterocycles. The molecule has 6 heteroatoms. The highest BCUT2D eigenvalue weighted by Crippen LogP contribution is 2.21. The Labute approximate surface area is 103 Å². The van der Waals surface area contributed by atoms with Crippen LogP contribution in [0.25, 0.3) is 11.1 Å². The number of carbonyl (C=O) groups excluding carboxylic acids is 1. The average molecular weight is 248 g/mol. The number of carboxylic acids is 1. The minimum atomic E-state index is -1.49. The van der Waals surface area contributed by atoms with Gasteiger partial charge < -0.3 is 14.8 Å². The van der Waals surface area contributed by atoms with Gasteiger partial charge in [0.15, 0.2) is 12.0 Å². The Morgan fingerprint density at radius 1 is 1.39 bits per heavy atom. The maximum absolute atomic E-state index is 11.8. The van der Waals surface area contributed by atoms with Crippen LogP contribution in [-0.4, -0.2) is 22.0 Å². The molecule has 0 aliphatic carbocycles. The lowest BCUT2D eigenvalue weighted by Crippen LogP contribution is -2.37. The first-order chi connectivity index (χ1) is 8.41. The van der Waals surface area contributed by atoms with E-state index in [2.05, 4.69) is 10.3 Å². The molecule has 94 valence electrons. The predicted octanol–water partition coefficient (Wildman–Crippen LogP) is 1.88. The summed E-state index contributed by atoms with van der Waals surface area (Å²) in [7, 11) is 0. The SMILES string of the molecule is CC(C)(C(=O)O)C(=O)Nc1ccc2ncoc2c1. The number of benzene rings is 1. The second-order valence-electron chi connectivity index (χ2n) is 4.42. The van der Waals surface area contributed by atoms with Crippen molar-refractivity contribution < 1.29 is 19.1 Å².